The minimum Gasteiger partial charge on any atom is -0.356 e. The van der Waals surface area contributed by atoms with Crippen LogP contribution in [0.5, 0.6) is 0 Å². The lowest BCUT2D eigenvalue weighted by molar-refractivity contribution is 0.346. The third-order valence-corrected chi connectivity index (χ3v) is 7.42. The van der Waals surface area contributed by atoms with Crippen molar-refractivity contribution in [1.82, 2.24) is 24.7 Å². The first kappa shape index (κ1) is 23.3. The van der Waals surface area contributed by atoms with Crippen LogP contribution in [0.2, 0.25) is 0 Å². The second-order valence-electron chi connectivity index (χ2n) is 7.97. The van der Waals surface area contributed by atoms with Crippen molar-refractivity contribution < 1.29 is 8.42 Å². The number of piperidine rings is 1. The summed E-state index contributed by atoms with van der Waals surface area (Å²) in [7, 11) is -1.64. The number of hydrogen-bond donors (Lipinski definition) is 2. The largest absolute Gasteiger partial charge is 0.356 e. The summed E-state index contributed by atoms with van der Waals surface area (Å²) < 4.78 is 29.1. The number of hydrogen-bond acceptors (Lipinski definition) is 4. The van der Waals surface area contributed by atoms with E-state index in [9.17, 15) is 8.42 Å². The van der Waals surface area contributed by atoms with Crippen LogP contribution in [0.15, 0.2) is 40.2 Å². The molecule has 2 N–H and O–H groups in total. The zero-order valence-corrected chi connectivity index (χ0v) is 19.6. The van der Waals surface area contributed by atoms with Crippen molar-refractivity contribution in [2.75, 3.05) is 26.7 Å². The molecule has 0 atom stereocenters. The lowest BCUT2D eigenvalue weighted by Gasteiger charge is -2.25. The van der Waals surface area contributed by atoms with E-state index in [0.717, 1.165) is 56.0 Å². The third-order valence-electron chi connectivity index (χ3n) is 5.50. The van der Waals surface area contributed by atoms with Gasteiger partial charge in [-0.25, -0.2) is 8.42 Å². The van der Waals surface area contributed by atoms with Crippen molar-refractivity contribution in [1.29, 1.82) is 0 Å². The van der Waals surface area contributed by atoms with E-state index in [0.29, 0.717) is 24.5 Å². The molecule has 0 aliphatic carbocycles. The fraction of sp³-hybridized carbons (Fsp3) is 0.545. The number of aryl methyl sites for hydroxylation is 3. The SMILES string of the molecule is CN=C(NCCCn1nc(C)cc1C)NCc1ccc(S(=O)(=O)N2CCCCC2)cc1. The maximum absolute atomic E-state index is 12.8. The first-order valence-corrected chi connectivity index (χ1v) is 12.4. The quantitative estimate of drug-likeness (QED) is 0.369. The van der Waals surface area contributed by atoms with Crippen LogP contribution in [0, 0.1) is 13.8 Å². The third kappa shape index (κ3) is 6.30. The molecule has 1 aliphatic heterocycles. The molecule has 0 spiro atoms. The molecule has 2 aromatic rings. The Labute approximate surface area is 185 Å². The van der Waals surface area contributed by atoms with Crippen molar-refractivity contribution in [3.05, 3.63) is 47.3 Å². The molecular weight excluding hydrogens is 412 g/mol. The molecule has 1 aromatic carbocycles. The number of rotatable bonds is 8. The van der Waals surface area contributed by atoms with Gasteiger partial charge in [0.15, 0.2) is 5.96 Å². The Kier molecular flexibility index (Phi) is 8.09. The first-order valence-electron chi connectivity index (χ1n) is 10.9. The van der Waals surface area contributed by atoms with Gasteiger partial charge in [0.2, 0.25) is 10.0 Å². The van der Waals surface area contributed by atoms with Gasteiger partial charge in [-0.15, -0.1) is 0 Å². The monoisotopic (exact) mass is 446 g/mol. The van der Waals surface area contributed by atoms with E-state index in [2.05, 4.69) is 33.7 Å². The van der Waals surface area contributed by atoms with Gasteiger partial charge in [0, 0.05) is 45.5 Å². The zero-order chi connectivity index (χ0) is 22.3. The van der Waals surface area contributed by atoms with Crippen LogP contribution in [0.1, 0.15) is 42.6 Å². The van der Waals surface area contributed by atoms with E-state index >= 15 is 0 Å². The smallest absolute Gasteiger partial charge is 0.243 e. The number of sulfonamides is 1. The van der Waals surface area contributed by atoms with E-state index in [4.69, 9.17) is 0 Å². The number of aromatic nitrogens is 2. The van der Waals surface area contributed by atoms with Crippen molar-refractivity contribution in [2.45, 2.75) is 57.5 Å². The molecular formula is C22H34N6O2S. The van der Waals surface area contributed by atoms with Crippen LogP contribution in [0.4, 0.5) is 0 Å². The molecule has 1 fully saturated rings. The second-order valence-corrected chi connectivity index (χ2v) is 9.90. The van der Waals surface area contributed by atoms with Gasteiger partial charge < -0.3 is 10.6 Å². The van der Waals surface area contributed by atoms with E-state index < -0.39 is 10.0 Å². The Bertz CT molecular complexity index is 976. The van der Waals surface area contributed by atoms with Gasteiger partial charge in [0.1, 0.15) is 0 Å². The molecule has 3 rings (SSSR count). The van der Waals surface area contributed by atoms with Gasteiger partial charge in [-0.1, -0.05) is 18.6 Å². The standard InChI is InChI=1S/C22H34N6O2S/c1-18-16-19(2)28(26-18)15-7-12-24-22(23-3)25-17-20-8-10-21(11-9-20)31(29,30)27-13-5-4-6-14-27/h8-11,16H,4-7,12-15,17H2,1-3H3,(H2,23,24,25). The number of aliphatic imine (C=N–C) groups is 1. The normalized spacial score (nSPS) is 15.8. The van der Waals surface area contributed by atoms with Crippen LogP contribution < -0.4 is 10.6 Å². The molecule has 0 saturated carbocycles. The summed E-state index contributed by atoms with van der Waals surface area (Å²) in [5.41, 5.74) is 3.21. The zero-order valence-electron chi connectivity index (χ0n) is 18.8. The summed E-state index contributed by atoms with van der Waals surface area (Å²) in [6.07, 6.45) is 3.92. The van der Waals surface area contributed by atoms with Gasteiger partial charge in [0.05, 0.1) is 10.6 Å². The molecule has 1 aromatic heterocycles. The Morgan fingerprint density at radius 2 is 1.81 bits per heavy atom. The Balaban J connectivity index is 1.45. The Hall–Kier alpha value is -2.39. The molecule has 31 heavy (non-hydrogen) atoms. The van der Waals surface area contributed by atoms with E-state index in [-0.39, 0.29) is 0 Å². The first-order chi connectivity index (χ1) is 14.9. The van der Waals surface area contributed by atoms with Crippen molar-refractivity contribution in [2.24, 2.45) is 4.99 Å². The van der Waals surface area contributed by atoms with E-state index in [1.165, 1.54) is 5.69 Å². The molecule has 2 heterocycles. The lowest BCUT2D eigenvalue weighted by atomic mass is 10.2. The summed E-state index contributed by atoms with van der Waals surface area (Å²) in [6.45, 7) is 7.52. The van der Waals surface area contributed by atoms with Crippen molar-refractivity contribution in [3.63, 3.8) is 0 Å². The van der Waals surface area contributed by atoms with Crippen LogP contribution >= 0.6 is 0 Å². The molecule has 170 valence electrons. The minimum atomic E-state index is -3.38. The van der Waals surface area contributed by atoms with Crippen LogP contribution in [0.25, 0.3) is 0 Å². The van der Waals surface area contributed by atoms with Gasteiger partial charge in [0.25, 0.3) is 0 Å². The predicted molar refractivity (Wildman–Crippen MR) is 124 cm³/mol. The average Bonchev–Trinajstić information content (AvgIpc) is 3.11. The Morgan fingerprint density at radius 3 is 2.42 bits per heavy atom. The van der Waals surface area contributed by atoms with Gasteiger partial charge >= 0.3 is 0 Å². The predicted octanol–water partition coefficient (Wildman–Crippen LogP) is 2.43. The average molecular weight is 447 g/mol. The number of guanidine groups is 1. The fourth-order valence-electron chi connectivity index (χ4n) is 3.78. The van der Waals surface area contributed by atoms with Crippen LogP contribution in [-0.4, -0.2) is 55.1 Å². The summed E-state index contributed by atoms with van der Waals surface area (Å²) >= 11 is 0. The van der Waals surface area contributed by atoms with Crippen LogP contribution in [-0.2, 0) is 23.1 Å². The minimum absolute atomic E-state index is 0.366. The molecule has 0 unspecified atom stereocenters. The molecule has 9 heteroatoms. The molecule has 0 radical (unpaired) electrons. The van der Waals surface area contributed by atoms with Gasteiger partial charge in [-0.05, 0) is 56.9 Å². The fourth-order valence-corrected chi connectivity index (χ4v) is 5.29. The lowest BCUT2D eigenvalue weighted by Crippen LogP contribution is -2.37. The summed E-state index contributed by atoms with van der Waals surface area (Å²) in [5, 5.41) is 11.1. The molecule has 8 nitrogen and oxygen atoms in total. The van der Waals surface area contributed by atoms with Gasteiger partial charge in [-0.3, -0.25) is 9.67 Å². The molecule has 1 aliphatic rings. The summed E-state index contributed by atoms with van der Waals surface area (Å²) in [5.74, 6) is 0.721. The van der Waals surface area contributed by atoms with Crippen LogP contribution in [0.3, 0.4) is 0 Å². The molecule has 0 bridgehead atoms. The molecule has 0 amide bonds. The Morgan fingerprint density at radius 1 is 1.10 bits per heavy atom. The number of benzene rings is 1. The highest BCUT2D eigenvalue weighted by atomic mass is 32.2. The van der Waals surface area contributed by atoms with Crippen molar-refractivity contribution >= 4 is 16.0 Å². The highest BCUT2D eigenvalue weighted by Gasteiger charge is 2.25. The van der Waals surface area contributed by atoms with Gasteiger partial charge in [-0.2, -0.15) is 9.40 Å². The highest BCUT2D eigenvalue weighted by Crippen LogP contribution is 2.20. The van der Waals surface area contributed by atoms with E-state index in [1.54, 1.807) is 23.5 Å². The maximum atomic E-state index is 12.8. The number of nitrogens with one attached hydrogen (secondary N) is 2. The van der Waals surface area contributed by atoms with Crippen molar-refractivity contribution in [3.8, 4) is 0 Å². The van der Waals surface area contributed by atoms with E-state index in [1.807, 2.05) is 23.7 Å². The molecule has 1 saturated heterocycles. The summed E-state index contributed by atoms with van der Waals surface area (Å²) in [4.78, 5) is 4.62. The topological polar surface area (TPSA) is 91.6 Å². The number of nitrogens with zero attached hydrogens (tertiary/aromatic N) is 4. The maximum Gasteiger partial charge on any atom is 0.243 e. The summed E-state index contributed by atoms with van der Waals surface area (Å²) in [6, 6.07) is 9.20. The second kappa shape index (κ2) is 10.8. The highest BCUT2D eigenvalue weighted by molar-refractivity contribution is 7.89.